The normalized spacial score (nSPS) is 15.9. The topological polar surface area (TPSA) is 88.8 Å². The molecule has 0 aliphatic carbocycles. The molecule has 4 rings (SSSR count). The summed E-state index contributed by atoms with van der Waals surface area (Å²) in [5.41, 5.74) is -3.49. The summed E-state index contributed by atoms with van der Waals surface area (Å²) in [6.07, 6.45) is -4.09. The first-order chi connectivity index (χ1) is 17.5. The van der Waals surface area contributed by atoms with E-state index in [0.717, 1.165) is 4.31 Å². The minimum absolute atomic E-state index is 0.0487. The Morgan fingerprint density at radius 3 is 2.42 bits per heavy atom. The fraction of sp³-hybridized carbons (Fsp3) is 0.444. The molecule has 1 N–H and O–H groups in total. The number of nitrogens with zero attached hydrogens (tertiary/aromatic N) is 2. The van der Waals surface area contributed by atoms with Gasteiger partial charge in [0.05, 0.1) is 23.6 Å². The first-order valence-corrected chi connectivity index (χ1v) is 13.5. The van der Waals surface area contributed by atoms with Gasteiger partial charge in [0, 0.05) is 43.2 Å². The fourth-order valence-electron chi connectivity index (χ4n) is 5.12. The lowest BCUT2D eigenvalue weighted by molar-refractivity contribution is -0.271. The predicted octanol–water partition coefficient (Wildman–Crippen LogP) is 4.16. The number of halogens is 3. The summed E-state index contributed by atoms with van der Waals surface area (Å²) in [5.74, 6) is 0.349. The molecule has 7 nitrogen and oxygen atoms in total. The molecule has 0 fully saturated rings. The van der Waals surface area contributed by atoms with Crippen LogP contribution >= 0.6 is 0 Å². The van der Waals surface area contributed by atoms with E-state index in [4.69, 9.17) is 4.74 Å². The van der Waals surface area contributed by atoms with E-state index >= 15 is 0 Å². The number of benzene rings is 2. The Labute approximate surface area is 219 Å². The second kappa shape index (κ2) is 9.39. The number of alkyl halides is 3. The highest BCUT2D eigenvalue weighted by Crippen LogP contribution is 2.47. The van der Waals surface area contributed by atoms with Crippen LogP contribution < -0.4 is 10.2 Å². The first-order valence-electron chi connectivity index (χ1n) is 12.1. The van der Waals surface area contributed by atoms with Crippen molar-refractivity contribution < 1.29 is 31.4 Å². The highest BCUT2D eigenvalue weighted by atomic mass is 32.2. The van der Waals surface area contributed by atoms with Gasteiger partial charge in [0.25, 0.3) is 0 Å². The van der Waals surface area contributed by atoms with Crippen molar-refractivity contribution in [3.05, 3.63) is 69.5 Å². The number of ether oxygens (including phenoxy) is 1. The molecule has 1 atom stereocenters. The third kappa shape index (κ3) is 4.83. The van der Waals surface area contributed by atoms with Crippen LogP contribution in [0.2, 0.25) is 0 Å². The Kier molecular flexibility index (Phi) is 6.95. The predicted molar refractivity (Wildman–Crippen MR) is 138 cm³/mol. The van der Waals surface area contributed by atoms with Crippen molar-refractivity contribution in [3.63, 3.8) is 0 Å². The van der Waals surface area contributed by atoms with E-state index in [-0.39, 0.29) is 39.0 Å². The van der Waals surface area contributed by atoms with Crippen LogP contribution in [-0.4, -0.2) is 54.9 Å². The van der Waals surface area contributed by atoms with Crippen molar-refractivity contribution in [2.75, 3.05) is 20.7 Å². The van der Waals surface area contributed by atoms with E-state index < -0.39 is 40.2 Å². The summed E-state index contributed by atoms with van der Waals surface area (Å²) in [5, 5.41) is 11.5. The van der Waals surface area contributed by atoms with Crippen molar-refractivity contribution in [3.8, 4) is 5.75 Å². The van der Waals surface area contributed by atoms with Gasteiger partial charge in [0.2, 0.25) is 10.0 Å². The molecule has 0 radical (unpaired) electrons. The summed E-state index contributed by atoms with van der Waals surface area (Å²) in [6, 6.07) is 9.14. The zero-order valence-corrected chi connectivity index (χ0v) is 22.7. The van der Waals surface area contributed by atoms with Gasteiger partial charge in [-0.15, -0.1) is 0 Å². The number of pyridine rings is 1. The minimum atomic E-state index is -5.04. The van der Waals surface area contributed by atoms with Crippen LogP contribution in [0.4, 0.5) is 13.2 Å². The lowest BCUT2D eigenvalue weighted by Crippen LogP contribution is -2.52. The molecular weight excluding hydrogens is 521 g/mol. The van der Waals surface area contributed by atoms with Crippen LogP contribution in [0.15, 0.2) is 52.3 Å². The number of aliphatic hydroxyl groups is 1. The standard InChI is InChI=1S/C27H31F3N2O5S/c1-17-14-32(22-9-7-6-8-20(22)23(17)33)16-26(34,27(28,29)30)15-25(2,3)21-13-19(38(35,36)31(4)5)12-18-10-11-37-24(18)21/h6-9,12-14,34H,10-11,15-16H2,1-5H3. The smallest absolute Gasteiger partial charge is 0.418 e. The molecule has 0 amide bonds. The van der Waals surface area contributed by atoms with Gasteiger partial charge in [-0.1, -0.05) is 26.0 Å². The molecule has 11 heteroatoms. The molecule has 0 saturated heterocycles. The zero-order chi connectivity index (χ0) is 28.3. The van der Waals surface area contributed by atoms with E-state index in [0.29, 0.717) is 17.7 Å². The van der Waals surface area contributed by atoms with Crippen LogP contribution in [-0.2, 0) is 28.4 Å². The van der Waals surface area contributed by atoms with Gasteiger partial charge in [-0.3, -0.25) is 4.79 Å². The average molecular weight is 553 g/mol. The van der Waals surface area contributed by atoms with Gasteiger partial charge in [-0.05, 0) is 48.6 Å². The summed E-state index contributed by atoms with van der Waals surface area (Å²) < 4.78 is 77.7. The Hall–Kier alpha value is -2.89. The van der Waals surface area contributed by atoms with Crippen LogP contribution in [0.1, 0.15) is 37.0 Å². The van der Waals surface area contributed by atoms with Crippen molar-refractivity contribution in [2.24, 2.45) is 0 Å². The number of aromatic nitrogens is 1. The maximum Gasteiger partial charge on any atom is 0.418 e. The molecule has 2 heterocycles. The second-order valence-electron chi connectivity index (χ2n) is 10.7. The highest BCUT2D eigenvalue weighted by Gasteiger charge is 2.56. The number of hydrogen-bond acceptors (Lipinski definition) is 5. The summed E-state index contributed by atoms with van der Waals surface area (Å²) in [4.78, 5) is 12.5. The molecule has 206 valence electrons. The molecule has 1 unspecified atom stereocenters. The third-order valence-corrected chi connectivity index (χ3v) is 8.92. The van der Waals surface area contributed by atoms with Crippen LogP contribution in [0.3, 0.4) is 0 Å². The van der Waals surface area contributed by atoms with Crippen LogP contribution in [0.5, 0.6) is 5.75 Å². The van der Waals surface area contributed by atoms with Gasteiger partial charge in [-0.25, -0.2) is 12.7 Å². The molecule has 1 aromatic heterocycles. The Balaban J connectivity index is 1.84. The molecule has 38 heavy (non-hydrogen) atoms. The van der Waals surface area contributed by atoms with Crippen molar-refractivity contribution in [1.29, 1.82) is 0 Å². The second-order valence-corrected chi connectivity index (χ2v) is 12.9. The molecular formula is C27H31F3N2O5S. The van der Waals surface area contributed by atoms with Crippen LogP contribution in [0, 0.1) is 6.92 Å². The maximum absolute atomic E-state index is 14.6. The van der Waals surface area contributed by atoms with E-state index in [1.54, 1.807) is 12.1 Å². The van der Waals surface area contributed by atoms with Gasteiger partial charge in [0.15, 0.2) is 11.0 Å². The monoisotopic (exact) mass is 552 g/mol. The Bertz CT molecular complexity index is 1560. The summed E-state index contributed by atoms with van der Waals surface area (Å²) in [6.45, 7) is 3.99. The van der Waals surface area contributed by atoms with E-state index in [1.807, 2.05) is 0 Å². The summed E-state index contributed by atoms with van der Waals surface area (Å²) in [7, 11) is -1.12. The number of sulfonamides is 1. The summed E-state index contributed by atoms with van der Waals surface area (Å²) >= 11 is 0. The van der Waals surface area contributed by atoms with E-state index in [9.17, 15) is 31.5 Å². The molecule has 0 spiro atoms. The molecule has 1 aliphatic rings. The van der Waals surface area contributed by atoms with Crippen molar-refractivity contribution in [2.45, 2.75) is 62.2 Å². The number of fused-ring (bicyclic) bond motifs is 2. The van der Waals surface area contributed by atoms with Gasteiger partial charge in [0.1, 0.15) is 5.75 Å². The number of hydrogen-bond donors (Lipinski definition) is 1. The molecule has 1 aliphatic heterocycles. The van der Waals surface area contributed by atoms with Gasteiger partial charge < -0.3 is 14.4 Å². The first kappa shape index (κ1) is 28.1. The lowest BCUT2D eigenvalue weighted by atomic mass is 9.74. The number of aryl methyl sites for hydroxylation is 1. The van der Waals surface area contributed by atoms with Crippen molar-refractivity contribution >= 4 is 20.9 Å². The van der Waals surface area contributed by atoms with Crippen LogP contribution in [0.25, 0.3) is 10.9 Å². The zero-order valence-electron chi connectivity index (χ0n) is 21.9. The fourth-order valence-corrected chi connectivity index (χ4v) is 6.10. The minimum Gasteiger partial charge on any atom is -0.493 e. The van der Waals surface area contributed by atoms with E-state index in [2.05, 4.69) is 0 Å². The van der Waals surface area contributed by atoms with Crippen molar-refractivity contribution in [1.82, 2.24) is 8.87 Å². The number of para-hydroxylation sites is 1. The largest absolute Gasteiger partial charge is 0.493 e. The maximum atomic E-state index is 14.6. The average Bonchev–Trinajstić information content (AvgIpc) is 3.29. The third-order valence-electron chi connectivity index (χ3n) is 7.12. The molecule has 3 aromatic rings. The molecule has 0 bridgehead atoms. The Morgan fingerprint density at radius 1 is 1.13 bits per heavy atom. The molecule has 2 aromatic carbocycles. The highest BCUT2D eigenvalue weighted by molar-refractivity contribution is 7.89. The van der Waals surface area contributed by atoms with Gasteiger partial charge in [-0.2, -0.15) is 13.2 Å². The SMILES string of the molecule is Cc1cn(CC(O)(CC(C)(C)c2cc(S(=O)(=O)N(C)C)cc3c2OCC3)C(F)(F)F)c2ccccc2c1=O. The van der Waals surface area contributed by atoms with Gasteiger partial charge >= 0.3 is 6.18 Å². The quantitative estimate of drug-likeness (QED) is 0.476. The van der Waals surface area contributed by atoms with E-state index in [1.165, 1.54) is 69.9 Å². The molecule has 0 saturated carbocycles. The Morgan fingerprint density at radius 2 is 1.79 bits per heavy atom. The number of rotatable bonds is 7. The lowest BCUT2D eigenvalue weighted by Gasteiger charge is -2.39.